The van der Waals surface area contributed by atoms with Gasteiger partial charge in [-0.1, -0.05) is 24.3 Å². The summed E-state index contributed by atoms with van der Waals surface area (Å²) in [4.78, 5) is 17.7. The van der Waals surface area contributed by atoms with Crippen molar-refractivity contribution in [2.24, 2.45) is 5.41 Å². The zero-order valence-electron chi connectivity index (χ0n) is 20.8. The second-order valence-corrected chi connectivity index (χ2v) is 10.5. The topological polar surface area (TPSA) is 53.4 Å². The van der Waals surface area contributed by atoms with Crippen LogP contribution in [0, 0.1) is 26.2 Å². The van der Waals surface area contributed by atoms with Crippen molar-refractivity contribution in [2.75, 3.05) is 31.5 Å². The number of piperidine rings is 1. The van der Waals surface area contributed by atoms with Crippen LogP contribution in [0.1, 0.15) is 46.4 Å². The largest absolute Gasteiger partial charge is 0.349 e. The van der Waals surface area contributed by atoms with Crippen LogP contribution in [0.5, 0.6) is 0 Å². The lowest BCUT2D eigenvalue weighted by atomic mass is 9.78. The number of aryl methyl sites for hydroxylation is 2. The first-order valence-corrected chi connectivity index (χ1v) is 12.8. The van der Waals surface area contributed by atoms with Crippen LogP contribution >= 0.6 is 12.2 Å². The molecule has 7 heteroatoms. The monoisotopic (exact) mass is 487 g/mol. The van der Waals surface area contributed by atoms with E-state index < -0.39 is 0 Å². The summed E-state index contributed by atoms with van der Waals surface area (Å²) in [6.07, 6.45) is 4.87. The summed E-state index contributed by atoms with van der Waals surface area (Å²) < 4.78 is 1.85. The summed E-state index contributed by atoms with van der Waals surface area (Å²) in [5.41, 5.74) is 6.25. The maximum atomic E-state index is 13.4. The molecule has 2 aliphatic heterocycles. The molecule has 1 spiro atoms. The first kappa shape index (κ1) is 23.5. The Balaban J connectivity index is 1.20. The van der Waals surface area contributed by atoms with Crippen LogP contribution < -0.4 is 5.32 Å². The number of hydrogen-bond donors (Lipinski definition) is 1. The lowest BCUT2D eigenvalue weighted by Gasteiger charge is -2.40. The number of carbonyl (C=O) groups is 1. The van der Waals surface area contributed by atoms with Gasteiger partial charge >= 0.3 is 0 Å². The molecule has 35 heavy (non-hydrogen) atoms. The van der Waals surface area contributed by atoms with Crippen LogP contribution in [0.2, 0.25) is 0 Å². The number of carbonyl (C=O) groups excluding carboxylic acids is 1. The first-order valence-electron chi connectivity index (χ1n) is 12.4. The van der Waals surface area contributed by atoms with Gasteiger partial charge in [-0.2, -0.15) is 5.10 Å². The maximum absolute atomic E-state index is 13.4. The molecule has 0 aliphatic carbocycles. The van der Waals surface area contributed by atoms with Crippen molar-refractivity contribution in [1.82, 2.24) is 19.6 Å². The standard InChI is InChI=1S/C28H33N5OS/c1-20-15-21(2)17-23(16-20)30-27(35)31-12-9-28(10-13-31)11-14-32(19-28)26(34)25-18-29-33(22(25)3)24-7-5-4-6-8-24/h4-8,15-18H,9-14,19H2,1-3H3,(H,30,35). The van der Waals surface area contributed by atoms with E-state index in [4.69, 9.17) is 12.2 Å². The third-order valence-corrected chi connectivity index (χ3v) is 7.91. The van der Waals surface area contributed by atoms with Crippen molar-refractivity contribution >= 4 is 28.9 Å². The Labute approximate surface area is 212 Å². The highest BCUT2D eigenvalue weighted by molar-refractivity contribution is 7.80. The summed E-state index contributed by atoms with van der Waals surface area (Å²) in [5, 5.41) is 8.72. The summed E-state index contributed by atoms with van der Waals surface area (Å²) in [6, 6.07) is 16.4. The molecule has 2 saturated heterocycles. The van der Waals surface area contributed by atoms with E-state index in [-0.39, 0.29) is 11.3 Å². The molecule has 0 unspecified atom stereocenters. The molecule has 0 radical (unpaired) electrons. The van der Waals surface area contributed by atoms with E-state index in [0.717, 1.165) is 67.6 Å². The van der Waals surface area contributed by atoms with Crippen LogP contribution in [0.3, 0.4) is 0 Å². The van der Waals surface area contributed by atoms with Gasteiger partial charge in [-0.25, -0.2) is 4.68 Å². The van der Waals surface area contributed by atoms with E-state index in [0.29, 0.717) is 5.56 Å². The van der Waals surface area contributed by atoms with Gasteiger partial charge in [-0.15, -0.1) is 0 Å². The minimum atomic E-state index is 0.0935. The van der Waals surface area contributed by atoms with Gasteiger partial charge in [0.15, 0.2) is 5.11 Å². The number of anilines is 1. The van der Waals surface area contributed by atoms with E-state index in [1.807, 2.05) is 46.8 Å². The number of nitrogens with zero attached hydrogens (tertiary/aromatic N) is 4. The van der Waals surface area contributed by atoms with Crippen LogP contribution in [-0.4, -0.2) is 56.8 Å². The highest BCUT2D eigenvalue weighted by atomic mass is 32.1. The van der Waals surface area contributed by atoms with Crippen molar-refractivity contribution in [2.45, 2.75) is 40.0 Å². The number of nitrogens with one attached hydrogen (secondary N) is 1. The average Bonchev–Trinajstić information content (AvgIpc) is 3.43. The van der Waals surface area contributed by atoms with Crippen LogP contribution in [0.15, 0.2) is 54.7 Å². The lowest BCUT2D eigenvalue weighted by Crippen LogP contribution is -2.46. The number of amides is 1. The van der Waals surface area contributed by atoms with Gasteiger partial charge in [0.05, 0.1) is 23.1 Å². The predicted molar refractivity (Wildman–Crippen MR) is 144 cm³/mol. The van der Waals surface area contributed by atoms with E-state index in [1.54, 1.807) is 6.20 Å². The number of para-hydroxylation sites is 1. The fraction of sp³-hybridized carbons (Fsp3) is 0.393. The number of rotatable bonds is 3. The smallest absolute Gasteiger partial charge is 0.257 e. The molecular weight excluding hydrogens is 454 g/mol. The zero-order valence-corrected chi connectivity index (χ0v) is 21.6. The normalized spacial score (nSPS) is 17.1. The SMILES string of the molecule is Cc1cc(C)cc(NC(=S)N2CCC3(CCN(C(=O)c4cnn(-c5ccccc5)c4C)C3)CC2)c1. The number of likely N-dealkylation sites (tertiary alicyclic amines) is 2. The quantitative estimate of drug-likeness (QED) is 0.520. The van der Waals surface area contributed by atoms with Gasteiger partial charge in [0.1, 0.15) is 0 Å². The fourth-order valence-corrected chi connectivity index (χ4v) is 5.87. The Morgan fingerprint density at radius 1 is 0.943 bits per heavy atom. The van der Waals surface area contributed by atoms with Crippen molar-refractivity contribution < 1.29 is 4.79 Å². The Kier molecular flexibility index (Phi) is 6.36. The van der Waals surface area contributed by atoms with Gasteiger partial charge in [0.25, 0.3) is 5.91 Å². The average molecular weight is 488 g/mol. The lowest BCUT2D eigenvalue weighted by molar-refractivity contribution is 0.0748. The number of hydrogen-bond acceptors (Lipinski definition) is 3. The number of benzene rings is 2. The molecule has 1 amide bonds. The van der Waals surface area contributed by atoms with Crippen LogP contribution in [-0.2, 0) is 0 Å². The van der Waals surface area contributed by atoms with Crippen LogP contribution in [0.4, 0.5) is 5.69 Å². The van der Waals surface area contributed by atoms with Crippen molar-refractivity contribution in [3.63, 3.8) is 0 Å². The van der Waals surface area contributed by atoms with Crippen molar-refractivity contribution in [3.8, 4) is 5.69 Å². The molecular formula is C28H33N5OS. The number of aromatic nitrogens is 2. The van der Waals surface area contributed by atoms with Gasteiger partial charge in [0.2, 0.25) is 0 Å². The molecule has 2 aliphatic rings. The molecule has 6 nitrogen and oxygen atoms in total. The summed E-state index contributed by atoms with van der Waals surface area (Å²) in [6.45, 7) is 9.64. The summed E-state index contributed by atoms with van der Waals surface area (Å²) in [5.74, 6) is 0.0935. The second-order valence-electron chi connectivity index (χ2n) is 10.2. The van der Waals surface area contributed by atoms with E-state index in [2.05, 4.69) is 47.4 Å². The van der Waals surface area contributed by atoms with E-state index >= 15 is 0 Å². The third-order valence-electron chi connectivity index (χ3n) is 7.55. The van der Waals surface area contributed by atoms with Gasteiger partial charge in [-0.05, 0) is 93.1 Å². The van der Waals surface area contributed by atoms with Gasteiger partial charge in [0, 0.05) is 31.9 Å². The molecule has 0 saturated carbocycles. The molecule has 1 aromatic heterocycles. The molecule has 2 aromatic carbocycles. The van der Waals surface area contributed by atoms with Crippen LogP contribution in [0.25, 0.3) is 5.69 Å². The summed E-state index contributed by atoms with van der Waals surface area (Å²) >= 11 is 5.73. The minimum absolute atomic E-state index is 0.0935. The first-order chi connectivity index (χ1) is 16.8. The summed E-state index contributed by atoms with van der Waals surface area (Å²) in [7, 11) is 0. The Morgan fingerprint density at radius 2 is 1.57 bits per heavy atom. The van der Waals surface area contributed by atoms with Crippen molar-refractivity contribution in [1.29, 1.82) is 0 Å². The molecule has 3 heterocycles. The van der Waals surface area contributed by atoms with Gasteiger partial charge < -0.3 is 15.1 Å². The van der Waals surface area contributed by atoms with E-state index in [9.17, 15) is 4.79 Å². The Bertz CT molecular complexity index is 1220. The van der Waals surface area contributed by atoms with E-state index in [1.165, 1.54) is 11.1 Å². The zero-order chi connectivity index (χ0) is 24.6. The Morgan fingerprint density at radius 3 is 2.23 bits per heavy atom. The third kappa shape index (κ3) is 4.82. The molecule has 1 N–H and O–H groups in total. The highest BCUT2D eigenvalue weighted by Crippen LogP contribution is 2.41. The molecule has 0 atom stereocenters. The maximum Gasteiger partial charge on any atom is 0.257 e. The fourth-order valence-electron chi connectivity index (χ4n) is 5.57. The highest BCUT2D eigenvalue weighted by Gasteiger charge is 2.43. The predicted octanol–water partition coefficient (Wildman–Crippen LogP) is 5.12. The molecule has 2 fully saturated rings. The molecule has 5 rings (SSSR count). The second kappa shape index (κ2) is 9.46. The molecule has 0 bridgehead atoms. The van der Waals surface area contributed by atoms with Crippen molar-refractivity contribution in [3.05, 3.63) is 77.1 Å². The minimum Gasteiger partial charge on any atom is -0.349 e. The molecule has 3 aromatic rings. The molecule has 182 valence electrons. The Hall–Kier alpha value is -3.19. The number of thiocarbonyl (C=S) groups is 1. The van der Waals surface area contributed by atoms with Gasteiger partial charge in [-0.3, -0.25) is 4.79 Å².